The Morgan fingerprint density at radius 3 is 2.25 bits per heavy atom. The molecule has 0 bridgehead atoms. The molecule has 0 spiro atoms. The average molecular weight is 430 g/mol. The van der Waals surface area contributed by atoms with Gasteiger partial charge in [-0.3, -0.25) is 14.2 Å². The number of rotatable bonds is 4. The molecule has 4 aromatic rings. The Morgan fingerprint density at radius 2 is 1.62 bits per heavy atom. The fraction of sp³-hybridized carbons (Fsp3) is 0.370. The van der Waals surface area contributed by atoms with Crippen LogP contribution in [0.3, 0.4) is 0 Å². The lowest BCUT2D eigenvalue weighted by Crippen LogP contribution is -2.29. The topological polar surface area (TPSA) is 56.9 Å². The zero-order chi connectivity index (χ0) is 23.2. The monoisotopic (exact) mass is 429 g/mol. The van der Waals surface area contributed by atoms with Crippen LogP contribution in [-0.2, 0) is 19.0 Å². The van der Waals surface area contributed by atoms with Gasteiger partial charge < -0.3 is 4.57 Å². The molecule has 0 aliphatic rings. The van der Waals surface area contributed by atoms with E-state index in [-0.39, 0.29) is 21.8 Å². The molecular formula is C27H31N3O2. The fourth-order valence-electron chi connectivity index (χ4n) is 4.13. The molecule has 2 aromatic carbocycles. The number of nitrogens with zero attached hydrogens (tertiary/aromatic N) is 3. The van der Waals surface area contributed by atoms with Crippen molar-refractivity contribution in [3.63, 3.8) is 0 Å². The number of pyridine rings is 1. The minimum absolute atomic E-state index is 0.0372. The molecule has 5 heteroatoms. The Hall–Kier alpha value is -3.21. The van der Waals surface area contributed by atoms with Crippen LogP contribution in [0.5, 0.6) is 0 Å². The van der Waals surface area contributed by atoms with Crippen LogP contribution in [-0.4, -0.2) is 14.1 Å². The lowest BCUT2D eigenvalue weighted by atomic mass is 9.86. The summed E-state index contributed by atoms with van der Waals surface area (Å²) in [4.78, 5) is 31.9. The first-order valence-electron chi connectivity index (χ1n) is 11.2. The molecular weight excluding hydrogens is 398 g/mol. The maximum Gasteiger partial charge on any atom is 0.267 e. The molecule has 0 radical (unpaired) electrons. The number of aromatic nitrogens is 3. The van der Waals surface area contributed by atoms with Crippen molar-refractivity contribution in [1.82, 2.24) is 14.1 Å². The van der Waals surface area contributed by atoms with Crippen LogP contribution in [0.15, 0.2) is 58.1 Å². The number of aryl methyl sites for hydroxylation is 1. The Morgan fingerprint density at radius 1 is 0.969 bits per heavy atom. The van der Waals surface area contributed by atoms with Gasteiger partial charge in [0.05, 0.1) is 5.52 Å². The Kier molecular flexibility index (Phi) is 5.53. The number of para-hydroxylation sites is 1. The normalized spacial score (nSPS) is 12.2. The standard InChI is InChI=1S/C27H31N3O2/c1-17(2)15-16-30-24(18-11-13-19(14-12-18)27(3,4)5)28-25-22(26(30)32)23(31)20-9-7-8-10-21(20)29(25)6/h7-14,17H,15-16H2,1-6H3. The van der Waals surface area contributed by atoms with Gasteiger partial charge in [-0.2, -0.15) is 0 Å². The van der Waals surface area contributed by atoms with Crippen LogP contribution in [0.4, 0.5) is 0 Å². The maximum atomic E-state index is 13.7. The summed E-state index contributed by atoms with van der Waals surface area (Å²) in [7, 11) is 1.86. The van der Waals surface area contributed by atoms with Crippen LogP contribution in [0, 0.1) is 5.92 Å². The summed E-state index contributed by atoms with van der Waals surface area (Å²) in [6, 6.07) is 15.6. The van der Waals surface area contributed by atoms with Gasteiger partial charge in [0.15, 0.2) is 5.65 Å². The number of hydrogen-bond donors (Lipinski definition) is 0. The van der Waals surface area contributed by atoms with Crippen LogP contribution >= 0.6 is 0 Å². The van der Waals surface area contributed by atoms with Crippen molar-refractivity contribution < 1.29 is 0 Å². The summed E-state index contributed by atoms with van der Waals surface area (Å²) < 4.78 is 3.54. The second kappa shape index (κ2) is 8.05. The van der Waals surface area contributed by atoms with Crippen molar-refractivity contribution in [2.45, 2.75) is 53.0 Å². The third kappa shape index (κ3) is 3.77. The predicted molar refractivity (Wildman–Crippen MR) is 132 cm³/mol. The zero-order valence-electron chi connectivity index (χ0n) is 19.8. The van der Waals surface area contributed by atoms with Gasteiger partial charge >= 0.3 is 0 Å². The minimum Gasteiger partial charge on any atom is -0.328 e. The molecule has 0 unspecified atom stereocenters. The highest BCUT2D eigenvalue weighted by Crippen LogP contribution is 2.26. The van der Waals surface area contributed by atoms with Gasteiger partial charge in [0.1, 0.15) is 11.2 Å². The van der Waals surface area contributed by atoms with Crippen molar-refractivity contribution in [1.29, 1.82) is 0 Å². The van der Waals surface area contributed by atoms with E-state index in [9.17, 15) is 9.59 Å². The fourth-order valence-corrected chi connectivity index (χ4v) is 4.13. The minimum atomic E-state index is -0.267. The van der Waals surface area contributed by atoms with Crippen LogP contribution < -0.4 is 11.0 Å². The summed E-state index contributed by atoms with van der Waals surface area (Å²) >= 11 is 0. The van der Waals surface area contributed by atoms with Crippen molar-refractivity contribution in [2.75, 3.05) is 0 Å². The first kappa shape index (κ1) is 22.0. The highest BCUT2D eigenvalue weighted by molar-refractivity contribution is 5.91. The average Bonchev–Trinajstić information content (AvgIpc) is 2.75. The Balaban J connectivity index is 2.06. The number of benzene rings is 2. The van der Waals surface area contributed by atoms with E-state index in [1.54, 1.807) is 10.6 Å². The van der Waals surface area contributed by atoms with Crippen molar-refractivity contribution in [3.8, 4) is 11.4 Å². The zero-order valence-corrected chi connectivity index (χ0v) is 19.8. The molecule has 0 saturated heterocycles. The van der Waals surface area contributed by atoms with E-state index in [0.717, 1.165) is 17.5 Å². The van der Waals surface area contributed by atoms with Crippen LogP contribution in [0.25, 0.3) is 33.3 Å². The highest BCUT2D eigenvalue weighted by atomic mass is 16.1. The molecule has 0 atom stereocenters. The lowest BCUT2D eigenvalue weighted by molar-refractivity contribution is 0.509. The van der Waals surface area contributed by atoms with Gasteiger partial charge in [-0.25, -0.2) is 4.98 Å². The second-order valence-electron chi connectivity index (χ2n) is 10.0. The SMILES string of the molecule is CC(C)CCn1c(-c2ccc(C(C)(C)C)cc2)nc2c(c(=O)c3ccccc3n2C)c1=O. The Labute approximate surface area is 188 Å². The molecule has 0 fully saturated rings. The third-order valence-electron chi connectivity index (χ3n) is 6.14. The molecule has 0 saturated carbocycles. The van der Waals surface area contributed by atoms with E-state index in [4.69, 9.17) is 4.98 Å². The predicted octanol–water partition coefficient (Wildman–Crippen LogP) is 5.26. The van der Waals surface area contributed by atoms with E-state index in [0.29, 0.717) is 29.3 Å². The van der Waals surface area contributed by atoms with Crippen LogP contribution in [0.2, 0.25) is 0 Å². The van der Waals surface area contributed by atoms with Crippen LogP contribution in [0.1, 0.15) is 46.6 Å². The molecule has 4 rings (SSSR count). The van der Waals surface area contributed by atoms with Crippen molar-refractivity contribution in [3.05, 3.63) is 74.7 Å². The largest absolute Gasteiger partial charge is 0.328 e. The molecule has 166 valence electrons. The summed E-state index contributed by atoms with van der Waals surface area (Å²) in [5, 5.41) is 0.698. The van der Waals surface area contributed by atoms with E-state index < -0.39 is 0 Å². The first-order chi connectivity index (χ1) is 15.1. The van der Waals surface area contributed by atoms with Crippen molar-refractivity contribution >= 4 is 21.9 Å². The van der Waals surface area contributed by atoms with Gasteiger partial charge in [0.2, 0.25) is 5.43 Å². The Bertz CT molecular complexity index is 1420. The lowest BCUT2D eigenvalue weighted by Gasteiger charge is -2.20. The summed E-state index contributed by atoms with van der Waals surface area (Å²) in [6.07, 6.45) is 0.827. The molecule has 0 aliphatic heterocycles. The molecule has 5 nitrogen and oxygen atoms in total. The highest BCUT2D eigenvalue weighted by Gasteiger charge is 2.20. The molecule has 32 heavy (non-hydrogen) atoms. The van der Waals surface area contributed by atoms with Gasteiger partial charge in [-0.05, 0) is 35.4 Å². The van der Waals surface area contributed by atoms with E-state index in [2.05, 4.69) is 46.8 Å². The molecule has 0 amide bonds. The third-order valence-corrected chi connectivity index (χ3v) is 6.14. The maximum absolute atomic E-state index is 13.7. The van der Waals surface area contributed by atoms with Gasteiger partial charge in [0.25, 0.3) is 5.56 Å². The summed E-state index contributed by atoms with van der Waals surface area (Å²) in [6.45, 7) is 11.3. The van der Waals surface area contributed by atoms with Gasteiger partial charge in [-0.15, -0.1) is 0 Å². The summed E-state index contributed by atoms with van der Waals surface area (Å²) in [5.74, 6) is 1.03. The van der Waals surface area contributed by atoms with Gasteiger partial charge in [-0.1, -0.05) is 71.0 Å². The van der Waals surface area contributed by atoms with Gasteiger partial charge in [0, 0.05) is 24.5 Å². The summed E-state index contributed by atoms with van der Waals surface area (Å²) in [5.41, 5.74) is 2.81. The van der Waals surface area contributed by atoms with E-state index >= 15 is 0 Å². The number of fused-ring (bicyclic) bond motifs is 2. The molecule has 0 aliphatic carbocycles. The van der Waals surface area contributed by atoms with Crippen molar-refractivity contribution in [2.24, 2.45) is 13.0 Å². The smallest absolute Gasteiger partial charge is 0.267 e. The van der Waals surface area contributed by atoms with E-state index in [1.165, 1.54) is 5.56 Å². The molecule has 0 N–H and O–H groups in total. The molecule has 2 aromatic heterocycles. The van der Waals surface area contributed by atoms with E-state index in [1.807, 2.05) is 41.9 Å². The number of hydrogen-bond acceptors (Lipinski definition) is 3. The second-order valence-corrected chi connectivity index (χ2v) is 10.0. The molecule has 2 heterocycles. The first-order valence-corrected chi connectivity index (χ1v) is 11.2. The quantitative estimate of drug-likeness (QED) is 0.416.